The quantitative estimate of drug-likeness (QED) is 0.619. The summed E-state index contributed by atoms with van der Waals surface area (Å²) in [6.07, 6.45) is 0. The Balaban J connectivity index is 5.49. The van der Waals surface area contributed by atoms with Crippen LogP contribution in [0.4, 0.5) is 13.2 Å². The molecule has 3 heteroatoms. The molecule has 0 aliphatic heterocycles. The molecular formula is C12H21F3. The van der Waals surface area contributed by atoms with Crippen molar-refractivity contribution >= 4 is 0 Å². The van der Waals surface area contributed by atoms with E-state index in [1.165, 1.54) is 48.5 Å². The van der Waals surface area contributed by atoms with Gasteiger partial charge in [0.2, 0.25) is 0 Å². The number of halogens is 3. The Bertz CT molecular complexity index is 263. The standard InChI is InChI=1S/C12H21F3/c1-8(2)9(13)11(6,7)12(14,15)10(3,4)5/h1-7H3. The average molecular weight is 222 g/mol. The van der Waals surface area contributed by atoms with Gasteiger partial charge < -0.3 is 0 Å². The van der Waals surface area contributed by atoms with Gasteiger partial charge in [-0.15, -0.1) is 0 Å². The molecular weight excluding hydrogens is 201 g/mol. The summed E-state index contributed by atoms with van der Waals surface area (Å²) in [5, 5.41) is 0. The summed E-state index contributed by atoms with van der Waals surface area (Å²) in [6.45, 7) is 9.79. The molecule has 0 bridgehead atoms. The van der Waals surface area contributed by atoms with Gasteiger partial charge in [-0.05, 0) is 33.3 Å². The smallest absolute Gasteiger partial charge is 0.211 e. The second-order valence-corrected chi connectivity index (χ2v) is 5.76. The summed E-state index contributed by atoms with van der Waals surface area (Å²) in [5.41, 5.74) is -2.71. The van der Waals surface area contributed by atoms with E-state index in [2.05, 4.69) is 0 Å². The third kappa shape index (κ3) is 2.37. The zero-order chi connectivity index (χ0) is 12.7. The Labute approximate surface area is 90.6 Å². The predicted molar refractivity (Wildman–Crippen MR) is 57.7 cm³/mol. The van der Waals surface area contributed by atoms with Crippen molar-refractivity contribution in [3.8, 4) is 0 Å². The number of hydrogen-bond acceptors (Lipinski definition) is 0. The summed E-state index contributed by atoms with van der Waals surface area (Å²) >= 11 is 0. The maximum atomic E-state index is 14.0. The van der Waals surface area contributed by atoms with Gasteiger partial charge in [0.1, 0.15) is 5.83 Å². The van der Waals surface area contributed by atoms with Crippen LogP contribution in [-0.4, -0.2) is 5.92 Å². The fourth-order valence-electron chi connectivity index (χ4n) is 1.70. The van der Waals surface area contributed by atoms with Crippen LogP contribution < -0.4 is 0 Å². The van der Waals surface area contributed by atoms with Crippen molar-refractivity contribution in [1.82, 2.24) is 0 Å². The molecule has 15 heavy (non-hydrogen) atoms. The Morgan fingerprint density at radius 3 is 1.40 bits per heavy atom. The van der Waals surface area contributed by atoms with E-state index in [1.807, 2.05) is 0 Å². The minimum atomic E-state index is -3.10. The molecule has 0 spiro atoms. The largest absolute Gasteiger partial charge is 0.264 e. The third-order valence-electron chi connectivity index (χ3n) is 2.71. The van der Waals surface area contributed by atoms with E-state index < -0.39 is 22.6 Å². The molecule has 90 valence electrons. The Kier molecular flexibility index (Phi) is 3.72. The van der Waals surface area contributed by atoms with E-state index in [0.717, 1.165) is 0 Å². The first-order valence-electron chi connectivity index (χ1n) is 5.07. The molecule has 0 saturated heterocycles. The predicted octanol–water partition coefficient (Wildman–Crippen LogP) is 4.96. The van der Waals surface area contributed by atoms with Crippen LogP contribution >= 0.6 is 0 Å². The van der Waals surface area contributed by atoms with Gasteiger partial charge in [-0.1, -0.05) is 20.8 Å². The van der Waals surface area contributed by atoms with Crippen molar-refractivity contribution in [1.29, 1.82) is 0 Å². The maximum absolute atomic E-state index is 14.0. The van der Waals surface area contributed by atoms with E-state index in [9.17, 15) is 13.2 Å². The lowest BCUT2D eigenvalue weighted by Crippen LogP contribution is -2.47. The molecule has 0 radical (unpaired) electrons. The number of hydrogen-bond donors (Lipinski definition) is 0. The van der Waals surface area contributed by atoms with Crippen molar-refractivity contribution in [2.75, 3.05) is 0 Å². The topological polar surface area (TPSA) is 0 Å². The minimum absolute atomic E-state index is 0.309. The molecule has 0 heterocycles. The fourth-order valence-corrected chi connectivity index (χ4v) is 1.70. The molecule has 0 nitrogen and oxygen atoms in total. The Morgan fingerprint density at radius 2 is 1.20 bits per heavy atom. The third-order valence-corrected chi connectivity index (χ3v) is 2.71. The van der Waals surface area contributed by atoms with Crippen molar-refractivity contribution in [3.63, 3.8) is 0 Å². The van der Waals surface area contributed by atoms with Gasteiger partial charge in [0.25, 0.3) is 5.92 Å². The van der Waals surface area contributed by atoms with E-state index in [0.29, 0.717) is 5.57 Å². The molecule has 0 aromatic heterocycles. The van der Waals surface area contributed by atoms with Gasteiger partial charge in [-0.3, -0.25) is 0 Å². The monoisotopic (exact) mass is 222 g/mol. The molecule has 0 N–H and O–H groups in total. The highest BCUT2D eigenvalue weighted by Gasteiger charge is 2.57. The van der Waals surface area contributed by atoms with E-state index in [1.54, 1.807) is 0 Å². The number of rotatable bonds is 2. The van der Waals surface area contributed by atoms with E-state index in [-0.39, 0.29) is 0 Å². The molecule has 0 aromatic carbocycles. The van der Waals surface area contributed by atoms with Crippen LogP contribution in [0.25, 0.3) is 0 Å². The first-order chi connectivity index (χ1) is 6.35. The van der Waals surface area contributed by atoms with E-state index >= 15 is 0 Å². The van der Waals surface area contributed by atoms with Crippen LogP contribution in [0.2, 0.25) is 0 Å². The summed E-state index contributed by atoms with van der Waals surface area (Å²) in [7, 11) is 0. The molecule has 0 atom stereocenters. The average Bonchev–Trinajstić information content (AvgIpc) is 2.00. The molecule has 0 saturated carbocycles. The lowest BCUT2D eigenvalue weighted by Gasteiger charge is -2.42. The minimum Gasteiger partial charge on any atom is -0.211 e. The van der Waals surface area contributed by atoms with Gasteiger partial charge >= 0.3 is 0 Å². The van der Waals surface area contributed by atoms with Gasteiger partial charge in [0.15, 0.2) is 0 Å². The first kappa shape index (κ1) is 14.5. The molecule has 0 aliphatic carbocycles. The van der Waals surface area contributed by atoms with Gasteiger partial charge in [-0.2, -0.15) is 0 Å². The highest BCUT2D eigenvalue weighted by Crippen LogP contribution is 2.52. The van der Waals surface area contributed by atoms with Crippen LogP contribution in [0, 0.1) is 10.8 Å². The van der Waals surface area contributed by atoms with Crippen molar-refractivity contribution in [3.05, 3.63) is 11.4 Å². The second-order valence-electron chi connectivity index (χ2n) is 5.76. The van der Waals surface area contributed by atoms with E-state index in [4.69, 9.17) is 0 Å². The Morgan fingerprint density at radius 1 is 0.867 bits per heavy atom. The lowest BCUT2D eigenvalue weighted by molar-refractivity contribution is -0.172. The molecule has 0 aliphatic rings. The summed E-state index contributed by atoms with van der Waals surface area (Å²) in [4.78, 5) is 0. The highest BCUT2D eigenvalue weighted by atomic mass is 19.3. The number of allylic oxidation sites excluding steroid dienone is 2. The van der Waals surface area contributed by atoms with Crippen LogP contribution in [0.5, 0.6) is 0 Å². The van der Waals surface area contributed by atoms with Crippen molar-refractivity contribution < 1.29 is 13.2 Å². The van der Waals surface area contributed by atoms with Crippen molar-refractivity contribution in [2.45, 2.75) is 54.4 Å². The summed E-state index contributed by atoms with van der Waals surface area (Å²) in [6, 6.07) is 0. The van der Waals surface area contributed by atoms with Crippen LogP contribution in [-0.2, 0) is 0 Å². The normalized spacial score (nSPS) is 14.0. The Hall–Kier alpha value is -0.470. The highest BCUT2D eigenvalue weighted by molar-refractivity contribution is 5.16. The first-order valence-corrected chi connectivity index (χ1v) is 5.07. The molecule has 0 unspecified atom stereocenters. The second kappa shape index (κ2) is 3.84. The fraction of sp³-hybridized carbons (Fsp3) is 0.833. The van der Waals surface area contributed by atoms with Crippen LogP contribution in [0.1, 0.15) is 48.5 Å². The molecule has 0 fully saturated rings. The zero-order valence-electron chi connectivity index (χ0n) is 10.6. The van der Waals surface area contributed by atoms with Crippen LogP contribution in [0.3, 0.4) is 0 Å². The van der Waals surface area contributed by atoms with Crippen molar-refractivity contribution in [2.24, 2.45) is 10.8 Å². The SMILES string of the molecule is CC(C)=C(F)C(C)(C)C(F)(F)C(C)(C)C. The van der Waals surface area contributed by atoms with Gasteiger partial charge in [0.05, 0.1) is 5.41 Å². The zero-order valence-corrected chi connectivity index (χ0v) is 10.6. The molecule has 0 amide bonds. The van der Waals surface area contributed by atoms with Gasteiger partial charge in [-0.25, -0.2) is 13.2 Å². The lowest BCUT2D eigenvalue weighted by atomic mass is 9.70. The molecule has 0 rings (SSSR count). The van der Waals surface area contributed by atoms with Gasteiger partial charge in [0, 0.05) is 5.41 Å². The number of alkyl halides is 2. The maximum Gasteiger partial charge on any atom is 0.264 e. The van der Waals surface area contributed by atoms with Crippen LogP contribution in [0.15, 0.2) is 11.4 Å². The summed E-state index contributed by atoms with van der Waals surface area (Å²) < 4.78 is 41.8. The summed E-state index contributed by atoms with van der Waals surface area (Å²) in [5.74, 6) is -3.82. The molecule has 0 aromatic rings.